The van der Waals surface area contributed by atoms with Gasteiger partial charge in [0.05, 0.1) is 27.9 Å². The summed E-state index contributed by atoms with van der Waals surface area (Å²) in [6, 6.07) is 6.48. The molecule has 0 N–H and O–H groups in total. The summed E-state index contributed by atoms with van der Waals surface area (Å²) in [5, 5.41) is 11.6. The van der Waals surface area contributed by atoms with E-state index >= 15 is 4.39 Å². The molecule has 1 aliphatic rings. The number of anilines is 1. The van der Waals surface area contributed by atoms with E-state index in [1.807, 2.05) is 0 Å². The molecule has 4 aromatic heterocycles. The van der Waals surface area contributed by atoms with Crippen molar-refractivity contribution in [2.24, 2.45) is 0 Å². The Morgan fingerprint density at radius 3 is 2.50 bits per heavy atom. The van der Waals surface area contributed by atoms with E-state index in [1.165, 1.54) is 17.1 Å². The number of tetrazole rings is 1. The van der Waals surface area contributed by atoms with Crippen molar-refractivity contribution in [1.29, 1.82) is 0 Å². The van der Waals surface area contributed by atoms with Crippen molar-refractivity contribution in [3.05, 3.63) is 82.7 Å². The van der Waals surface area contributed by atoms with Gasteiger partial charge in [0.15, 0.2) is 0 Å². The summed E-state index contributed by atoms with van der Waals surface area (Å²) in [6.45, 7) is 1.70. The van der Waals surface area contributed by atoms with Gasteiger partial charge >= 0.3 is 0 Å². The average Bonchev–Trinajstić information content (AvgIpc) is 3.57. The highest BCUT2D eigenvalue weighted by molar-refractivity contribution is 9.10. The van der Waals surface area contributed by atoms with Gasteiger partial charge in [0.1, 0.15) is 18.0 Å². The van der Waals surface area contributed by atoms with Crippen LogP contribution in [0.5, 0.6) is 0 Å². The number of benzene rings is 1. The topological polar surface area (TPSA) is 90.4 Å². The molecule has 1 aliphatic heterocycles. The summed E-state index contributed by atoms with van der Waals surface area (Å²) < 4.78 is 34.0. The lowest BCUT2D eigenvalue weighted by Crippen LogP contribution is -2.34. The van der Waals surface area contributed by atoms with E-state index in [4.69, 9.17) is 0 Å². The standard InChI is InChI=1S/C24H20BrF2N9/c25-18-11-29-24(30-12-18)34-4-1-15(2-5-34)17-8-20(26)22(28-10-17)13-35-6-3-16-7-19(9-21(27)23(16)35)36-14-31-32-33-36/h3,6-12,14-15H,1-2,4-5,13H2. The predicted molar refractivity (Wildman–Crippen MR) is 132 cm³/mol. The minimum absolute atomic E-state index is 0.121. The smallest absolute Gasteiger partial charge is 0.225 e. The molecule has 9 nitrogen and oxygen atoms in total. The number of nitrogens with zero attached hydrogens (tertiary/aromatic N) is 9. The second-order valence-electron chi connectivity index (χ2n) is 8.72. The van der Waals surface area contributed by atoms with Crippen LogP contribution in [0.15, 0.2) is 59.9 Å². The van der Waals surface area contributed by atoms with Crippen molar-refractivity contribution >= 4 is 32.8 Å². The van der Waals surface area contributed by atoms with Crippen molar-refractivity contribution in [3.63, 3.8) is 0 Å². The van der Waals surface area contributed by atoms with Gasteiger partial charge in [0.2, 0.25) is 5.95 Å². The lowest BCUT2D eigenvalue weighted by molar-refractivity contribution is 0.492. The second kappa shape index (κ2) is 9.34. The SMILES string of the molecule is Fc1cc(C2CCN(c3ncc(Br)cn3)CC2)cnc1Cn1ccc2cc(-n3cnnn3)cc(F)c21. The number of hydrogen-bond acceptors (Lipinski definition) is 7. The summed E-state index contributed by atoms with van der Waals surface area (Å²) in [5.41, 5.74) is 2.02. The Balaban J connectivity index is 1.17. The van der Waals surface area contributed by atoms with E-state index in [9.17, 15) is 4.39 Å². The van der Waals surface area contributed by atoms with Crippen molar-refractivity contribution in [1.82, 2.24) is 39.7 Å². The molecule has 1 aromatic carbocycles. The van der Waals surface area contributed by atoms with Crippen LogP contribution in [0.1, 0.15) is 30.0 Å². The highest BCUT2D eigenvalue weighted by Gasteiger charge is 2.23. The van der Waals surface area contributed by atoms with E-state index in [1.54, 1.807) is 47.6 Å². The van der Waals surface area contributed by atoms with Crippen LogP contribution >= 0.6 is 15.9 Å². The molecule has 182 valence electrons. The first-order chi connectivity index (χ1) is 17.5. The van der Waals surface area contributed by atoms with Gasteiger partial charge in [-0.15, -0.1) is 5.10 Å². The fraction of sp³-hybridized carbons (Fsp3) is 0.250. The lowest BCUT2D eigenvalue weighted by Gasteiger charge is -2.32. The molecule has 1 fully saturated rings. The Hall–Kier alpha value is -3.80. The molecule has 0 saturated carbocycles. The third kappa shape index (κ3) is 4.32. The van der Waals surface area contributed by atoms with Crippen molar-refractivity contribution in [2.75, 3.05) is 18.0 Å². The number of halogens is 3. The molecule has 1 saturated heterocycles. The molecule has 6 rings (SSSR count). The van der Waals surface area contributed by atoms with Gasteiger partial charge in [-0.3, -0.25) is 4.98 Å². The zero-order valence-electron chi connectivity index (χ0n) is 19.0. The third-order valence-electron chi connectivity index (χ3n) is 6.53. The number of hydrogen-bond donors (Lipinski definition) is 0. The number of pyridine rings is 1. The first-order valence-corrected chi connectivity index (χ1v) is 12.2. The number of piperidine rings is 1. The Kier molecular flexibility index (Phi) is 5.88. The van der Waals surface area contributed by atoms with E-state index in [-0.39, 0.29) is 18.2 Å². The fourth-order valence-electron chi connectivity index (χ4n) is 4.69. The first-order valence-electron chi connectivity index (χ1n) is 11.4. The highest BCUT2D eigenvalue weighted by Crippen LogP contribution is 2.30. The van der Waals surface area contributed by atoms with Crippen LogP contribution < -0.4 is 4.90 Å². The van der Waals surface area contributed by atoms with Crippen molar-refractivity contribution in [3.8, 4) is 5.69 Å². The molecule has 5 aromatic rings. The monoisotopic (exact) mass is 551 g/mol. The Morgan fingerprint density at radius 1 is 0.972 bits per heavy atom. The lowest BCUT2D eigenvalue weighted by atomic mass is 9.90. The average molecular weight is 552 g/mol. The maximum absolute atomic E-state index is 15.1. The maximum Gasteiger partial charge on any atom is 0.225 e. The van der Waals surface area contributed by atoms with Crippen LogP contribution in [0.3, 0.4) is 0 Å². The van der Waals surface area contributed by atoms with Crippen LogP contribution in [0.2, 0.25) is 0 Å². The largest absolute Gasteiger partial charge is 0.341 e. The van der Waals surface area contributed by atoms with Gasteiger partial charge in [-0.05, 0) is 68.9 Å². The molecule has 0 unspecified atom stereocenters. The summed E-state index contributed by atoms with van der Waals surface area (Å²) in [7, 11) is 0. The summed E-state index contributed by atoms with van der Waals surface area (Å²) in [4.78, 5) is 15.3. The minimum atomic E-state index is -0.443. The van der Waals surface area contributed by atoms with Gasteiger partial charge < -0.3 is 9.47 Å². The summed E-state index contributed by atoms with van der Waals surface area (Å²) in [6.07, 6.45) is 10.1. The number of aromatic nitrogens is 8. The third-order valence-corrected chi connectivity index (χ3v) is 6.94. The zero-order chi connectivity index (χ0) is 24.6. The molecule has 0 bridgehead atoms. The Bertz CT molecular complexity index is 1510. The normalized spacial score (nSPS) is 14.6. The van der Waals surface area contributed by atoms with E-state index in [2.05, 4.69) is 51.3 Å². The molecule has 0 radical (unpaired) electrons. The Labute approximate surface area is 212 Å². The molecule has 36 heavy (non-hydrogen) atoms. The Morgan fingerprint density at radius 2 is 1.78 bits per heavy atom. The van der Waals surface area contributed by atoms with E-state index in [0.29, 0.717) is 22.5 Å². The van der Waals surface area contributed by atoms with Gasteiger partial charge in [0, 0.05) is 49.3 Å². The summed E-state index contributed by atoms with van der Waals surface area (Å²) >= 11 is 3.35. The molecule has 0 atom stereocenters. The molecular weight excluding hydrogens is 532 g/mol. The second-order valence-corrected chi connectivity index (χ2v) is 9.64. The van der Waals surface area contributed by atoms with Crippen LogP contribution in [0, 0.1) is 11.6 Å². The van der Waals surface area contributed by atoms with Gasteiger partial charge in [-0.1, -0.05) is 0 Å². The van der Waals surface area contributed by atoms with Gasteiger partial charge in [-0.25, -0.2) is 23.4 Å². The fourth-order valence-corrected chi connectivity index (χ4v) is 4.89. The molecule has 0 aliphatic carbocycles. The highest BCUT2D eigenvalue weighted by atomic mass is 79.9. The van der Waals surface area contributed by atoms with E-state index in [0.717, 1.165) is 36.0 Å². The van der Waals surface area contributed by atoms with E-state index < -0.39 is 11.6 Å². The summed E-state index contributed by atoms with van der Waals surface area (Å²) in [5.74, 6) is 0.0788. The molecule has 5 heterocycles. The molecular formula is C24H20BrF2N9. The van der Waals surface area contributed by atoms with Crippen LogP contribution in [0.25, 0.3) is 16.6 Å². The number of rotatable bonds is 5. The van der Waals surface area contributed by atoms with Crippen LogP contribution in [-0.4, -0.2) is 52.8 Å². The number of fused-ring (bicyclic) bond motifs is 1. The molecule has 0 spiro atoms. The van der Waals surface area contributed by atoms with Crippen LogP contribution in [-0.2, 0) is 6.54 Å². The first kappa shape index (κ1) is 22.7. The maximum atomic E-state index is 15.1. The van der Waals surface area contributed by atoms with Crippen LogP contribution in [0.4, 0.5) is 14.7 Å². The van der Waals surface area contributed by atoms with Crippen molar-refractivity contribution in [2.45, 2.75) is 25.3 Å². The van der Waals surface area contributed by atoms with Gasteiger partial charge in [0.25, 0.3) is 0 Å². The van der Waals surface area contributed by atoms with Crippen molar-refractivity contribution < 1.29 is 8.78 Å². The quantitative estimate of drug-likeness (QED) is 0.322. The van der Waals surface area contributed by atoms with Gasteiger partial charge in [-0.2, -0.15) is 0 Å². The zero-order valence-corrected chi connectivity index (χ0v) is 20.6. The minimum Gasteiger partial charge on any atom is -0.341 e. The molecule has 12 heteroatoms. The predicted octanol–water partition coefficient (Wildman–Crippen LogP) is 4.28. The molecule has 0 amide bonds.